The predicted octanol–water partition coefficient (Wildman–Crippen LogP) is 0.697. The number of rotatable bonds is 0. The summed E-state index contributed by atoms with van der Waals surface area (Å²) in [5, 5.41) is 0. The maximum atomic E-state index is 4.13. The molecule has 1 fully saturated rings. The minimum Gasteiger partial charge on any atom is -0.293 e. The predicted molar refractivity (Wildman–Crippen MR) is 37.4 cm³/mol. The standard InChI is InChI=1S/C7H11N2/c1-2-7-6-8-3-5-9(7)4-1/h3,6-7H,1-2,4-5H2. The van der Waals surface area contributed by atoms with Gasteiger partial charge in [0.1, 0.15) is 0 Å². The van der Waals surface area contributed by atoms with E-state index in [1.165, 1.54) is 19.4 Å². The first kappa shape index (κ1) is 5.42. The summed E-state index contributed by atoms with van der Waals surface area (Å²) in [6.07, 6.45) is 4.66. The van der Waals surface area contributed by atoms with Gasteiger partial charge in [-0.2, -0.15) is 0 Å². The van der Waals surface area contributed by atoms with Crippen molar-refractivity contribution in [2.45, 2.75) is 18.9 Å². The van der Waals surface area contributed by atoms with Crippen molar-refractivity contribution >= 4 is 6.21 Å². The van der Waals surface area contributed by atoms with E-state index in [0.717, 1.165) is 6.54 Å². The van der Waals surface area contributed by atoms with Crippen molar-refractivity contribution in [1.82, 2.24) is 4.90 Å². The first-order valence-corrected chi connectivity index (χ1v) is 3.56. The van der Waals surface area contributed by atoms with Gasteiger partial charge in [0.05, 0.1) is 6.54 Å². The van der Waals surface area contributed by atoms with Crippen molar-refractivity contribution in [3.05, 3.63) is 6.54 Å². The van der Waals surface area contributed by atoms with Crippen LogP contribution in [0.1, 0.15) is 12.8 Å². The smallest absolute Gasteiger partial charge is 0.0889 e. The second kappa shape index (κ2) is 2.10. The van der Waals surface area contributed by atoms with Gasteiger partial charge in [0, 0.05) is 18.8 Å². The van der Waals surface area contributed by atoms with Gasteiger partial charge in [0.15, 0.2) is 0 Å². The highest BCUT2D eigenvalue weighted by Crippen LogP contribution is 2.20. The molecule has 2 nitrogen and oxygen atoms in total. The first-order chi connectivity index (χ1) is 4.47. The van der Waals surface area contributed by atoms with Gasteiger partial charge in [-0.1, -0.05) is 0 Å². The highest BCUT2D eigenvalue weighted by Gasteiger charge is 2.24. The Morgan fingerprint density at radius 1 is 1.56 bits per heavy atom. The van der Waals surface area contributed by atoms with Gasteiger partial charge < -0.3 is 0 Å². The molecule has 0 saturated carbocycles. The summed E-state index contributed by atoms with van der Waals surface area (Å²) >= 11 is 0. The summed E-state index contributed by atoms with van der Waals surface area (Å²) in [5.74, 6) is 0. The Labute approximate surface area is 55.6 Å². The van der Waals surface area contributed by atoms with Crippen molar-refractivity contribution < 1.29 is 0 Å². The van der Waals surface area contributed by atoms with E-state index in [0.29, 0.717) is 6.04 Å². The minimum atomic E-state index is 0.676. The molecule has 2 aliphatic rings. The summed E-state index contributed by atoms with van der Waals surface area (Å²) in [5.41, 5.74) is 0. The van der Waals surface area contributed by atoms with Crippen LogP contribution in [0.2, 0.25) is 0 Å². The van der Waals surface area contributed by atoms with Crippen molar-refractivity contribution in [2.75, 3.05) is 13.1 Å². The Morgan fingerprint density at radius 2 is 2.56 bits per heavy atom. The van der Waals surface area contributed by atoms with Gasteiger partial charge in [-0.15, -0.1) is 0 Å². The molecule has 49 valence electrons. The lowest BCUT2D eigenvalue weighted by molar-refractivity contribution is 0.309. The van der Waals surface area contributed by atoms with Gasteiger partial charge >= 0.3 is 0 Å². The highest BCUT2D eigenvalue weighted by molar-refractivity contribution is 5.61. The van der Waals surface area contributed by atoms with E-state index in [2.05, 4.69) is 16.4 Å². The lowest BCUT2D eigenvalue weighted by Gasteiger charge is -2.23. The van der Waals surface area contributed by atoms with Gasteiger partial charge in [0.2, 0.25) is 0 Å². The Balaban J connectivity index is 2.07. The van der Waals surface area contributed by atoms with Crippen LogP contribution in [-0.2, 0) is 0 Å². The summed E-state index contributed by atoms with van der Waals surface area (Å²) in [4.78, 5) is 6.59. The molecule has 0 aromatic carbocycles. The summed E-state index contributed by atoms with van der Waals surface area (Å²) < 4.78 is 0. The molecular formula is C7H11N2. The van der Waals surface area contributed by atoms with Crippen LogP contribution in [0.15, 0.2) is 4.99 Å². The quantitative estimate of drug-likeness (QED) is 0.463. The Bertz CT molecular complexity index is 117. The third kappa shape index (κ3) is 0.874. The first-order valence-electron chi connectivity index (χ1n) is 3.56. The van der Waals surface area contributed by atoms with Crippen molar-refractivity contribution in [3.8, 4) is 0 Å². The molecule has 1 saturated heterocycles. The number of hydrogen-bond donors (Lipinski definition) is 0. The van der Waals surface area contributed by atoms with Gasteiger partial charge in [-0.05, 0) is 19.4 Å². The van der Waals surface area contributed by atoms with Crippen molar-refractivity contribution in [2.24, 2.45) is 4.99 Å². The highest BCUT2D eigenvalue weighted by atomic mass is 15.2. The average molecular weight is 123 g/mol. The zero-order valence-electron chi connectivity index (χ0n) is 5.45. The van der Waals surface area contributed by atoms with E-state index in [1.807, 2.05) is 6.21 Å². The molecular weight excluding hydrogens is 112 g/mol. The van der Waals surface area contributed by atoms with Crippen molar-refractivity contribution in [3.63, 3.8) is 0 Å². The number of aliphatic imine (C=N–C) groups is 1. The number of fused-ring (bicyclic) bond motifs is 1. The zero-order chi connectivity index (χ0) is 6.10. The third-order valence-electron chi connectivity index (χ3n) is 2.09. The Morgan fingerprint density at radius 3 is 3.44 bits per heavy atom. The lowest BCUT2D eigenvalue weighted by Crippen LogP contribution is -2.33. The molecule has 0 aliphatic carbocycles. The van der Waals surface area contributed by atoms with E-state index in [9.17, 15) is 0 Å². The second-order valence-electron chi connectivity index (χ2n) is 2.69. The van der Waals surface area contributed by atoms with Crippen LogP contribution in [0.3, 0.4) is 0 Å². The average Bonchev–Trinajstić information content (AvgIpc) is 2.33. The van der Waals surface area contributed by atoms with Gasteiger partial charge in [-0.25, -0.2) is 0 Å². The lowest BCUT2D eigenvalue weighted by atomic mass is 10.2. The van der Waals surface area contributed by atoms with Crippen LogP contribution in [0.5, 0.6) is 0 Å². The molecule has 0 aromatic heterocycles. The van der Waals surface area contributed by atoms with Crippen LogP contribution >= 0.6 is 0 Å². The van der Waals surface area contributed by atoms with Gasteiger partial charge in [-0.3, -0.25) is 9.89 Å². The molecule has 1 atom stereocenters. The maximum absolute atomic E-state index is 4.13. The minimum absolute atomic E-state index is 0.676. The molecule has 0 spiro atoms. The van der Waals surface area contributed by atoms with Crippen LogP contribution in [-0.4, -0.2) is 30.2 Å². The van der Waals surface area contributed by atoms with Crippen LogP contribution in [0.4, 0.5) is 0 Å². The van der Waals surface area contributed by atoms with Gasteiger partial charge in [0.25, 0.3) is 0 Å². The molecule has 1 radical (unpaired) electrons. The maximum Gasteiger partial charge on any atom is 0.0889 e. The van der Waals surface area contributed by atoms with E-state index in [4.69, 9.17) is 0 Å². The topological polar surface area (TPSA) is 15.6 Å². The zero-order valence-corrected chi connectivity index (χ0v) is 5.45. The Kier molecular flexibility index (Phi) is 1.27. The summed E-state index contributed by atoms with van der Waals surface area (Å²) in [7, 11) is 0. The molecule has 0 aromatic rings. The second-order valence-corrected chi connectivity index (χ2v) is 2.69. The largest absolute Gasteiger partial charge is 0.293 e. The molecule has 2 aliphatic heterocycles. The van der Waals surface area contributed by atoms with E-state index in [1.54, 1.807) is 0 Å². The number of nitrogens with zero attached hydrogens (tertiary/aromatic N) is 2. The Hall–Kier alpha value is -0.370. The van der Waals surface area contributed by atoms with E-state index >= 15 is 0 Å². The molecule has 2 rings (SSSR count). The molecule has 9 heavy (non-hydrogen) atoms. The summed E-state index contributed by atoms with van der Waals surface area (Å²) in [6, 6.07) is 0.676. The molecule has 1 unspecified atom stereocenters. The third-order valence-corrected chi connectivity index (χ3v) is 2.09. The molecule has 0 amide bonds. The van der Waals surface area contributed by atoms with Crippen LogP contribution in [0.25, 0.3) is 0 Å². The SMILES string of the molecule is [CH]1N=CCN2CCCC12. The monoisotopic (exact) mass is 123 g/mol. The summed E-state index contributed by atoms with van der Waals surface area (Å²) in [6.45, 7) is 4.41. The fourth-order valence-corrected chi connectivity index (χ4v) is 1.56. The molecule has 2 heterocycles. The van der Waals surface area contributed by atoms with Crippen LogP contribution < -0.4 is 0 Å². The molecule has 0 bridgehead atoms. The van der Waals surface area contributed by atoms with Crippen molar-refractivity contribution in [1.29, 1.82) is 0 Å². The van der Waals surface area contributed by atoms with Crippen LogP contribution in [0, 0.1) is 6.54 Å². The normalized spacial score (nSPS) is 34.9. The molecule has 2 heteroatoms. The van der Waals surface area contributed by atoms with E-state index < -0.39 is 0 Å². The fraction of sp³-hybridized carbons (Fsp3) is 0.714. The fourth-order valence-electron chi connectivity index (χ4n) is 1.56. The number of hydrogen-bond acceptors (Lipinski definition) is 2. The van der Waals surface area contributed by atoms with E-state index in [-0.39, 0.29) is 0 Å². The molecule has 0 N–H and O–H groups in total.